The summed E-state index contributed by atoms with van der Waals surface area (Å²) in [6.07, 6.45) is 2.11. The van der Waals surface area contributed by atoms with Crippen LogP contribution < -0.4 is 5.32 Å². The highest BCUT2D eigenvalue weighted by atomic mass is 16.1. The first-order valence-electron chi connectivity index (χ1n) is 4.78. The van der Waals surface area contributed by atoms with E-state index in [4.69, 9.17) is 0 Å². The van der Waals surface area contributed by atoms with Crippen molar-refractivity contribution in [1.82, 2.24) is 30.9 Å². The molecule has 0 saturated heterocycles. The minimum atomic E-state index is -0.205. The second kappa shape index (κ2) is 4.96. The lowest BCUT2D eigenvalue weighted by atomic mass is 10.3. The van der Waals surface area contributed by atoms with Gasteiger partial charge in [-0.25, -0.2) is 0 Å². The van der Waals surface area contributed by atoms with Gasteiger partial charge in [-0.15, -0.1) is 10.2 Å². The fraction of sp³-hybridized carbons (Fsp3) is 0.222. The number of nitrogens with one attached hydrogen (secondary N) is 2. The van der Waals surface area contributed by atoms with Gasteiger partial charge < -0.3 is 5.32 Å². The van der Waals surface area contributed by atoms with Crippen molar-refractivity contribution in [3.63, 3.8) is 0 Å². The Kier molecular flexibility index (Phi) is 3.17. The van der Waals surface area contributed by atoms with Crippen molar-refractivity contribution in [2.75, 3.05) is 6.54 Å². The Morgan fingerprint density at radius 1 is 1.44 bits per heavy atom. The topological polar surface area (TPSA) is 96.5 Å². The molecule has 2 heterocycles. The molecule has 82 valence electrons. The number of carbonyl (C=O) groups excluding carboxylic acids is 1. The van der Waals surface area contributed by atoms with E-state index in [1.54, 1.807) is 24.4 Å². The van der Waals surface area contributed by atoms with Crippen LogP contribution in [0.2, 0.25) is 0 Å². The summed E-state index contributed by atoms with van der Waals surface area (Å²) in [4.78, 5) is 15.5. The van der Waals surface area contributed by atoms with Crippen LogP contribution in [0.15, 0.2) is 24.4 Å². The number of amides is 1. The Morgan fingerprint density at radius 2 is 2.38 bits per heavy atom. The van der Waals surface area contributed by atoms with Crippen LogP contribution >= 0.6 is 0 Å². The zero-order valence-electron chi connectivity index (χ0n) is 8.42. The molecule has 0 aliphatic heterocycles. The molecule has 2 rings (SSSR count). The quantitative estimate of drug-likeness (QED) is 0.725. The van der Waals surface area contributed by atoms with Gasteiger partial charge in [-0.1, -0.05) is 11.3 Å². The van der Waals surface area contributed by atoms with E-state index in [0.717, 1.165) is 0 Å². The standard InChI is InChI=1S/C9H10N6O/c16-9(7-3-1-2-5-10-7)11-6-4-8-12-14-15-13-8/h1-3,5H,4,6H2,(H,11,16)(H,12,13,14,15). The molecule has 2 aromatic rings. The molecule has 7 heteroatoms. The lowest BCUT2D eigenvalue weighted by molar-refractivity contribution is 0.0949. The maximum atomic E-state index is 11.5. The predicted octanol–water partition coefficient (Wildman–Crippen LogP) is -0.433. The lowest BCUT2D eigenvalue weighted by Gasteiger charge is -2.01. The Balaban J connectivity index is 1.81. The number of H-pyrrole nitrogens is 1. The molecule has 0 aliphatic rings. The average molecular weight is 218 g/mol. The summed E-state index contributed by atoms with van der Waals surface area (Å²) in [7, 11) is 0. The molecule has 16 heavy (non-hydrogen) atoms. The van der Waals surface area contributed by atoms with E-state index in [-0.39, 0.29) is 5.91 Å². The van der Waals surface area contributed by atoms with Gasteiger partial charge in [0.25, 0.3) is 5.91 Å². The normalized spacial score (nSPS) is 10.0. The molecule has 0 fully saturated rings. The number of hydrogen-bond donors (Lipinski definition) is 2. The number of aromatic nitrogens is 5. The van der Waals surface area contributed by atoms with Crippen LogP contribution in [0, 0.1) is 0 Å². The van der Waals surface area contributed by atoms with Crippen LogP contribution in [0.3, 0.4) is 0 Å². The van der Waals surface area contributed by atoms with Crippen LogP contribution in [-0.4, -0.2) is 38.1 Å². The van der Waals surface area contributed by atoms with Crippen molar-refractivity contribution >= 4 is 5.91 Å². The number of carbonyl (C=O) groups is 1. The van der Waals surface area contributed by atoms with Crippen molar-refractivity contribution < 1.29 is 4.79 Å². The summed E-state index contributed by atoms with van der Waals surface area (Å²) in [6.45, 7) is 0.453. The van der Waals surface area contributed by atoms with E-state index in [0.29, 0.717) is 24.5 Å². The highest BCUT2D eigenvalue weighted by molar-refractivity contribution is 5.92. The number of aromatic amines is 1. The highest BCUT2D eigenvalue weighted by Crippen LogP contribution is 1.92. The minimum Gasteiger partial charge on any atom is -0.350 e. The van der Waals surface area contributed by atoms with Crippen molar-refractivity contribution in [1.29, 1.82) is 0 Å². The van der Waals surface area contributed by atoms with E-state index >= 15 is 0 Å². The molecule has 0 radical (unpaired) electrons. The first-order chi connectivity index (χ1) is 7.86. The molecule has 0 unspecified atom stereocenters. The van der Waals surface area contributed by atoms with Crippen molar-refractivity contribution in [2.24, 2.45) is 0 Å². The first-order valence-corrected chi connectivity index (χ1v) is 4.78. The van der Waals surface area contributed by atoms with E-state index in [1.807, 2.05) is 0 Å². The Labute approximate surface area is 91.3 Å². The Bertz CT molecular complexity index is 440. The molecule has 0 atom stereocenters. The number of pyridine rings is 1. The Morgan fingerprint density at radius 3 is 3.06 bits per heavy atom. The van der Waals surface area contributed by atoms with Gasteiger partial charge in [-0.2, -0.15) is 5.21 Å². The van der Waals surface area contributed by atoms with Gasteiger partial charge >= 0.3 is 0 Å². The Hall–Kier alpha value is -2.31. The molecular weight excluding hydrogens is 208 g/mol. The van der Waals surface area contributed by atoms with Crippen molar-refractivity contribution in [3.8, 4) is 0 Å². The molecule has 0 bridgehead atoms. The SMILES string of the molecule is O=C(NCCc1nn[nH]n1)c1ccccn1. The third kappa shape index (κ3) is 2.59. The molecule has 0 spiro atoms. The van der Waals surface area contributed by atoms with Gasteiger partial charge in [0.2, 0.25) is 0 Å². The molecule has 0 aliphatic carbocycles. The van der Waals surface area contributed by atoms with Gasteiger partial charge in [0, 0.05) is 19.2 Å². The van der Waals surface area contributed by atoms with E-state index in [2.05, 4.69) is 30.9 Å². The third-order valence-electron chi connectivity index (χ3n) is 1.92. The van der Waals surface area contributed by atoms with Crippen molar-refractivity contribution in [3.05, 3.63) is 35.9 Å². The van der Waals surface area contributed by atoms with Crippen LogP contribution in [0.25, 0.3) is 0 Å². The number of rotatable bonds is 4. The van der Waals surface area contributed by atoms with E-state index < -0.39 is 0 Å². The van der Waals surface area contributed by atoms with E-state index in [9.17, 15) is 4.79 Å². The number of nitrogens with zero attached hydrogens (tertiary/aromatic N) is 4. The van der Waals surface area contributed by atoms with E-state index in [1.165, 1.54) is 0 Å². The fourth-order valence-electron chi connectivity index (χ4n) is 1.16. The summed E-state index contributed by atoms with van der Waals surface area (Å²) in [5.74, 6) is 0.366. The maximum Gasteiger partial charge on any atom is 0.269 e. The molecule has 1 amide bonds. The fourth-order valence-corrected chi connectivity index (χ4v) is 1.16. The van der Waals surface area contributed by atoms with Gasteiger partial charge in [0.1, 0.15) is 5.69 Å². The molecule has 7 nitrogen and oxygen atoms in total. The van der Waals surface area contributed by atoms with Gasteiger partial charge in [0.05, 0.1) is 0 Å². The zero-order valence-corrected chi connectivity index (χ0v) is 8.42. The molecule has 2 N–H and O–H groups in total. The molecule has 0 aromatic carbocycles. The summed E-state index contributed by atoms with van der Waals surface area (Å²) in [6, 6.07) is 5.18. The van der Waals surface area contributed by atoms with Gasteiger partial charge in [-0.3, -0.25) is 9.78 Å². The minimum absolute atomic E-state index is 0.205. The smallest absolute Gasteiger partial charge is 0.269 e. The molecule has 2 aromatic heterocycles. The molecule has 0 saturated carbocycles. The summed E-state index contributed by atoms with van der Waals surface area (Å²) in [5, 5.41) is 16.0. The summed E-state index contributed by atoms with van der Waals surface area (Å²) < 4.78 is 0. The predicted molar refractivity (Wildman–Crippen MR) is 54.5 cm³/mol. The summed E-state index contributed by atoms with van der Waals surface area (Å²) in [5.41, 5.74) is 0.399. The largest absolute Gasteiger partial charge is 0.350 e. The third-order valence-corrected chi connectivity index (χ3v) is 1.92. The van der Waals surface area contributed by atoms with Crippen molar-refractivity contribution in [2.45, 2.75) is 6.42 Å². The molecular formula is C9H10N6O. The van der Waals surface area contributed by atoms with Crippen LogP contribution in [0.4, 0.5) is 0 Å². The second-order valence-electron chi connectivity index (χ2n) is 3.05. The van der Waals surface area contributed by atoms with Gasteiger partial charge in [-0.05, 0) is 12.1 Å². The second-order valence-corrected chi connectivity index (χ2v) is 3.05. The van der Waals surface area contributed by atoms with Crippen LogP contribution in [0.1, 0.15) is 16.3 Å². The van der Waals surface area contributed by atoms with Crippen LogP contribution in [0.5, 0.6) is 0 Å². The first kappa shape index (κ1) is 10.2. The highest BCUT2D eigenvalue weighted by Gasteiger charge is 2.05. The van der Waals surface area contributed by atoms with Gasteiger partial charge in [0.15, 0.2) is 5.82 Å². The number of tetrazole rings is 1. The van der Waals surface area contributed by atoms with Crippen LogP contribution in [-0.2, 0) is 6.42 Å². The number of hydrogen-bond acceptors (Lipinski definition) is 5. The zero-order chi connectivity index (χ0) is 11.2. The lowest BCUT2D eigenvalue weighted by Crippen LogP contribution is -2.26. The summed E-state index contributed by atoms with van der Waals surface area (Å²) >= 11 is 0. The average Bonchev–Trinajstić information content (AvgIpc) is 2.83. The maximum absolute atomic E-state index is 11.5. The monoisotopic (exact) mass is 218 g/mol.